The molecule has 0 aliphatic rings. The number of benzene rings is 2. The molecule has 0 fully saturated rings. The van der Waals surface area contributed by atoms with Crippen molar-refractivity contribution < 1.29 is 18.7 Å². The molecule has 0 atom stereocenters. The number of aromatic carboxylic acids is 1. The highest BCUT2D eigenvalue weighted by Crippen LogP contribution is 2.46. The number of hydrogen-bond donors (Lipinski definition) is 1. The number of nitrogens with zero attached hydrogens (tertiary/aromatic N) is 1. The molecule has 1 N–H and O–H groups in total. The van der Waals surface area contributed by atoms with Crippen LogP contribution >= 0.6 is 23.2 Å². The van der Waals surface area contributed by atoms with Crippen LogP contribution in [-0.4, -0.2) is 15.5 Å². The smallest absolute Gasteiger partial charge is 0.335 e. The van der Waals surface area contributed by atoms with Crippen LogP contribution in [0.1, 0.15) is 21.5 Å². The number of pyridine rings is 1. The van der Waals surface area contributed by atoms with E-state index in [2.05, 4.69) is 0 Å². The number of halogens is 4. The van der Waals surface area contributed by atoms with Gasteiger partial charge in [-0.25, -0.2) is 4.79 Å². The molecule has 0 saturated heterocycles. The zero-order chi connectivity index (χ0) is 20.8. The number of aromatic nitrogens is 1. The summed E-state index contributed by atoms with van der Waals surface area (Å²) in [6.07, 6.45) is 1.67. The highest BCUT2D eigenvalue weighted by Gasteiger charge is 2.41. The summed E-state index contributed by atoms with van der Waals surface area (Å²) in [5.41, 5.74) is 0.811. The summed E-state index contributed by atoms with van der Waals surface area (Å²) < 4.78 is 32.8. The van der Waals surface area contributed by atoms with Crippen LogP contribution in [0.15, 0.2) is 72.9 Å². The van der Waals surface area contributed by atoms with E-state index in [1.165, 1.54) is 36.4 Å². The number of carboxylic acid groups (broad SMARTS) is 1. The maximum Gasteiger partial charge on any atom is 0.335 e. The largest absolute Gasteiger partial charge is 0.478 e. The zero-order valence-electron chi connectivity index (χ0n) is 14.7. The molecule has 2 aromatic carbocycles. The second-order valence-electron chi connectivity index (χ2n) is 6.45. The predicted molar refractivity (Wildman–Crippen MR) is 109 cm³/mol. The van der Waals surface area contributed by atoms with Crippen LogP contribution < -0.4 is 0 Å². The second-order valence-corrected chi connectivity index (χ2v) is 7.27. The Morgan fingerprint density at radius 1 is 0.931 bits per heavy atom. The molecule has 0 unspecified atom stereocenters. The topological polar surface area (TPSA) is 41.7 Å². The highest BCUT2D eigenvalue weighted by atomic mass is 35.5. The Balaban J connectivity index is 1.94. The molecule has 3 nitrogen and oxygen atoms in total. The molecule has 2 aromatic heterocycles. The first-order valence-electron chi connectivity index (χ1n) is 8.57. The average molecular weight is 432 g/mol. The van der Waals surface area contributed by atoms with Gasteiger partial charge in [0.2, 0.25) is 0 Å². The van der Waals surface area contributed by atoms with Gasteiger partial charge >= 0.3 is 11.9 Å². The van der Waals surface area contributed by atoms with Gasteiger partial charge < -0.3 is 9.51 Å². The molecule has 4 rings (SSSR count). The van der Waals surface area contributed by atoms with Crippen LogP contribution in [0.25, 0.3) is 16.8 Å². The quantitative estimate of drug-likeness (QED) is 0.388. The number of carbonyl (C=O) groups is 1. The van der Waals surface area contributed by atoms with Crippen molar-refractivity contribution in [2.45, 2.75) is 5.92 Å². The fourth-order valence-electron chi connectivity index (χ4n) is 3.34. The van der Waals surface area contributed by atoms with E-state index in [4.69, 9.17) is 28.3 Å². The summed E-state index contributed by atoms with van der Waals surface area (Å²) in [6, 6.07) is 16.7. The lowest BCUT2D eigenvalue weighted by molar-refractivity contribution is 0.0448. The first-order valence-corrected chi connectivity index (χ1v) is 9.33. The lowest BCUT2D eigenvalue weighted by Crippen LogP contribution is -2.16. The molecule has 0 bridgehead atoms. The van der Waals surface area contributed by atoms with E-state index >= 15 is 8.78 Å². The summed E-state index contributed by atoms with van der Waals surface area (Å²) in [5.74, 6) is -4.50. The van der Waals surface area contributed by atoms with Crippen molar-refractivity contribution in [3.63, 3.8) is 0 Å². The van der Waals surface area contributed by atoms with Crippen molar-refractivity contribution in [3.8, 4) is 11.3 Å². The van der Waals surface area contributed by atoms with Crippen LogP contribution in [0.3, 0.4) is 0 Å². The summed E-state index contributed by atoms with van der Waals surface area (Å²) in [7, 11) is 0. The maximum absolute atomic E-state index is 15.6. The first-order chi connectivity index (χ1) is 13.8. The summed E-state index contributed by atoms with van der Waals surface area (Å²) in [5, 5.41) is 8.84. The van der Waals surface area contributed by atoms with Gasteiger partial charge in [0.1, 0.15) is 0 Å². The predicted octanol–water partition coefficient (Wildman–Crippen LogP) is 6.75. The molecule has 0 saturated carbocycles. The third kappa shape index (κ3) is 3.26. The van der Waals surface area contributed by atoms with Gasteiger partial charge in [0.05, 0.1) is 37.9 Å². The molecule has 0 aliphatic carbocycles. The van der Waals surface area contributed by atoms with E-state index in [-0.39, 0.29) is 21.2 Å². The standard InChI is InChI=1S/C22H13Cl2F2NO2/c23-16-4-3-5-17(24)20(16)22(25,26)15-12-19(27-11-2-1-6-18(15)27)13-7-9-14(10-8-13)21(28)29/h1-12H,(H,28,29). The van der Waals surface area contributed by atoms with Crippen molar-refractivity contribution in [1.82, 2.24) is 4.40 Å². The van der Waals surface area contributed by atoms with E-state index in [1.54, 1.807) is 40.9 Å². The van der Waals surface area contributed by atoms with Gasteiger partial charge in [0.15, 0.2) is 0 Å². The molecule has 7 heteroatoms. The van der Waals surface area contributed by atoms with E-state index in [9.17, 15) is 4.79 Å². The van der Waals surface area contributed by atoms with Gasteiger partial charge in [-0.15, -0.1) is 0 Å². The van der Waals surface area contributed by atoms with Crippen molar-refractivity contribution >= 4 is 34.7 Å². The minimum Gasteiger partial charge on any atom is -0.478 e. The minimum absolute atomic E-state index is 0.114. The molecule has 0 radical (unpaired) electrons. The third-order valence-corrected chi connectivity index (χ3v) is 5.35. The molecule has 4 aromatic rings. The van der Waals surface area contributed by atoms with Crippen LogP contribution in [0.4, 0.5) is 8.78 Å². The van der Waals surface area contributed by atoms with E-state index < -0.39 is 17.5 Å². The first kappa shape index (κ1) is 19.4. The highest BCUT2D eigenvalue weighted by molar-refractivity contribution is 6.36. The Hall–Kier alpha value is -2.89. The molecule has 0 spiro atoms. The normalized spacial score (nSPS) is 11.7. The Morgan fingerprint density at radius 2 is 1.59 bits per heavy atom. The average Bonchev–Trinajstić information content (AvgIpc) is 3.08. The summed E-state index contributed by atoms with van der Waals surface area (Å²) in [4.78, 5) is 11.1. The number of carboxylic acids is 1. The number of fused-ring (bicyclic) bond motifs is 1. The van der Waals surface area contributed by atoms with Crippen molar-refractivity contribution in [1.29, 1.82) is 0 Å². The van der Waals surface area contributed by atoms with Crippen molar-refractivity contribution in [3.05, 3.63) is 99.7 Å². The third-order valence-electron chi connectivity index (χ3n) is 4.72. The fourth-order valence-corrected chi connectivity index (χ4v) is 3.98. The Bertz CT molecular complexity index is 1210. The molecule has 0 aliphatic heterocycles. The maximum atomic E-state index is 15.6. The molecule has 146 valence electrons. The monoisotopic (exact) mass is 431 g/mol. The van der Waals surface area contributed by atoms with E-state index in [0.29, 0.717) is 16.8 Å². The van der Waals surface area contributed by atoms with Crippen LogP contribution in [0.2, 0.25) is 10.0 Å². The SMILES string of the molecule is O=C(O)c1ccc(-c2cc(C(F)(F)c3c(Cl)cccc3Cl)c3ccccn23)cc1. The number of alkyl halides is 2. The Kier molecular flexibility index (Phi) is 4.81. The number of hydrogen-bond acceptors (Lipinski definition) is 1. The van der Waals surface area contributed by atoms with Crippen LogP contribution in [0, 0.1) is 0 Å². The summed E-state index contributed by atoms with van der Waals surface area (Å²) >= 11 is 12.1. The molecular weight excluding hydrogens is 419 g/mol. The zero-order valence-corrected chi connectivity index (χ0v) is 16.3. The number of rotatable bonds is 4. The lowest BCUT2D eigenvalue weighted by Gasteiger charge is -2.19. The van der Waals surface area contributed by atoms with Gasteiger partial charge in [-0.2, -0.15) is 8.78 Å². The van der Waals surface area contributed by atoms with Crippen molar-refractivity contribution in [2.24, 2.45) is 0 Å². The van der Waals surface area contributed by atoms with Gasteiger partial charge in [-0.05, 0) is 48.0 Å². The Labute approximate surface area is 174 Å². The van der Waals surface area contributed by atoms with Gasteiger partial charge in [0, 0.05) is 6.20 Å². The Morgan fingerprint density at radius 3 is 2.21 bits per heavy atom. The van der Waals surface area contributed by atoms with Gasteiger partial charge in [-0.3, -0.25) is 0 Å². The van der Waals surface area contributed by atoms with Gasteiger partial charge in [-0.1, -0.05) is 47.5 Å². The molecule has 2 heterocycles. The van der Waals surface area contributed by atoms with Gasteiger partial charge in [0.25, 0.3) is 0 Å². The fraction of sp³-hybridized carbons (Fsp3) is 0.0455. The van der Waals surface area contributed by atoms with E-state index in [1.807, 2.05) is 0 Å². The molecule has 0 amide bonds. The van der Waals surface area contributed by atoms with E-state index in [0.717, 1.165) is 0 Å². The van der Waals surface area contributed by atoms with Crippen molar-refractivity contribution in [2.75, 3.05) is 0 Å². The van der Waals surface area contributed by atoms with Crippen LogP contribution in [-0.2, 0) is 5.92 Å². The van der Waals surface area contributed by atoms with Crippen LogP contribution in [0.5, 0.6) is 0 Å². The molecule has 29 heavy (non-hydrogen) atoms. The second kappa shape index (κ2) is 7.17. The lowest BCUT2D eigenvalue weighted by atomic mass is 10.00. The summed E-state index contributed by atoms with van der Waals surface area (Å²) in [6.45, 7) is 0. The molecular formula is C22H13Cl2F2NO2. The minimum atomic E-state index is -3.44.